The predicted molar refractivity (Wildman–Crippen MR) is 140 cm³/mol. The van der Waals surface area contributed by atoms with Gasteiger partial charge >= 0.3 is 0 Å². The largest absolute Gasteiger partial charge is 0.490 e. The Morgan fingerprint density at radius 1 is 1.17 bits per heavy atom. The fraction of sp³-hybridized carbons (Fsp3) is 0.480. The molecule has 3 aromatic rings. The molecule has 0 amide bonds. The van der Waals surface area contributed by atoms with Crippen molar-refractivity contribution in [2.45, 2.75) is 49.8 Å². The second-order valence-electron chi connectivity index (χ2n) is 9.48. The van der Waals surface area contributed by atoms with Gasteiger partial charge in [0, 0.05) is 48.9 Å². The summed E-state index contributed by atoms with van der Waals surface area (Å²) in [6, 6.07) is 7.76. The van der Waals surface area contributed by atoms with E-state index in [2.05, 4.69) is 21.3 Å². The molecule has 8 nitrogen and oxygen atoms in total. The van der Waals surface area contributed by atoms with E-state index < -0.39 is 0 Å². The first-order chi connectivity index (χ1) is 16.6. The first-order valence-corrected chi connectivity index (χ1v) is 13.0. The third kappa shape index (κ3) is 4.62. The minimum atomic E-state index is -0.0218. The molecule has 1 fully saturated rings. The number of likely N-dealkylation sites (tertiary alicyclic amines) is 1. The third-order valence-electron chi connectivity index (χ3n) is 7.26. The molecule has 3 aliphatic heterocycles. The van der Waals surface area contributed by atoms with Crippen LogP contribution in [0.25, 0.3) is 11.0 Å². The van der Waals surface area contributed by atoms with Crippen LogP contribution in [0, 0.1) is 6.92 Å². The summed E-state index contributed by atoms with van der Waals surface area (Å²) >= 11 is 1.83. The van der Waals surface area contributed by atoms with Gasteiger partial charge in [0.1, 0.15) is 5.65 Å². The molecule has 0 spiro atoms. The Balaban J connectivity index is 0.00000253. The number of halogens is 1. The van der Waals surface area contributed by atoms with E-state index in [-0.39, 0.29) is 29.6 Å². The minimum Gasteiger partial charge on any atom is -0.490 e. The molecule has 1 atom stereocenters. The third-order valence-corrected chi connectivity index (χ3v) is 8.26. The number of nitrogens with one attached hydrogen (secondary N) is 1. The smallest absolute Gasteiger partial charge is 0.252 e. The van der Waals surface area contributed by atoms with E-state index in [1.807, 2.05) is 35.5 Å². The maximum absolute atomic E-state index is 12.7. The van der Waals surface area contributed by atoms with Crippen LogP contribution < -0.4 is 21.2 Å². The van der Waals surface area contributed by atoms with Crippen LogP contribution in [-0.4, -0.2) is 57.1 Å². The number of thioether (sulfide) groups is 1. The molecule has 0 radical (unpaired) electrons. The van der Waals surface area contributed by atoms with Crippen molar-refractivity contribution in [1.82, 2.24) is 24.3 Å². The Bertz CT molecular complexity index is 1370. The molecular weight excluding hydrogens is 486 g/mol. The number of pyridine rings is 3. The summed E-state index contributed by atoms with van der Waals surface area (Å²) in [5, 5.41) is 4.66. The van der Waals surface area contributed by atoms with E-state index in [9.17, 15) is 9.59 Å². The number of aryl methyl sites for hydroxylation is 1. The van der Waals surface area contributed by atoms with Crippen molar-refractivity contribution in [3.05, 3.63) is 62.4 Å². The molecule has 0 bridgehead atoms. The predicted octanol–water partition coefficient (Wildman–Crippen LogP) is 2.58. The molecule has 3 aromatic heterocycles. The molecule has 10 heteroatoms. The summed E-state index contributed by atoms with van der Waals surface area (Å²) in [5.74, 6) is 1.89. The van der Waals surface area contributed by atoms with E-state index >= 15 is 0 Å². The summed E-state index contributed by atoms with van der Waals surface area (Å²) in [6.45, 7) is 6.76. The molecule has 1 N–H and O–H groups in total. The topological polar surface area (TPSA) is 81.4 Å². The number of aromatic nitrogens is 3. The van der Waals surface area contributed by atoms with Crippen LogP contribution in [0.1, 0.15) is 30.1 Å². The van der Waals surface area contributed by atoms with E-state index in [4.69, 9.17) is 4.74 Å². The molecule has 6 heterocycles. The minimum absolute atomic E-state index is 0. The first-order valence-electron chi connectivity index (χ1n) is 12.0. The number of piperidine rings is 1. The van der Waals surface area contributed by atoms with Crippen LogP contribution >= 0.6 is 24.2 Å². The van der Waals surface area contributed by atoms with Gasteiger partial charge in [-0.25, -0.2) is 0 Å². The van der Waals surface area contributed by atoms with Crippen LogP contribution in [0.5, 0.6) is 5.75 Å². The lowest BCUT2D eigenvalue weighted by Gasteiger charge is -2.34. The monoisotopic (exact) mass is 515 g/mol. The van der Waals surface area contributed by atoms with Crippen molar-refractivity contribution in [1.29, 1.82) is 0 Å². The average molecular weight is 516 g/mol. The molecule has 186 valence electrons. The van der Waals surface area contributed by atoms with Crippen molar-refractivity contribution >= 4 is 35.2 Å². The molecule has 35 heavy (non-hydrogen) atoms. The van der Waals surface area contributed by atoms with Gasteiger partial charge in [-0.1, -0.05) is 0 Å². The van der Waals surface area contributed by atoms with E-state index in [1.54, 1.807) is 16.7 Å². The van der Waals surface area contributed by atoms with E-state index in [0.29, 0.717) is 12.6 Å². The summed E-state index contributed by atoms with van der Waals surface area (Å²) in [5.41, 5.74) is 2.72. The van der Waals surface area contributed by atoms with Crippen molar-refractivity contribution in [2.24, 2.45) is 0 Å². The fourth-order valence-electron chi connectivity index (χ4n) is 5.49. The van der Waals surface area contributed by atoms with Crippen molar-refractivity contribution in [3.63, 3.8) is 0 Å². The number of rotatable bonds is 5. The summed E-state index contributed by atoms with van der Waals surface area (Å²) in [4.78, 5) is 33.5. The highest BCUT2D eigenvalue weighted by molar-refractivity contribution is 7.99. The Hall–Kier alpha value is -2.33. The highest BCUT2D eigenvalue weighted by Gasteiger charge is 2.29. The van der Waals surface area contributed by atoms with Gasteiger partial charge in [0.2, 0.25) is 0 Å². The highest BCUT2D eigenvalue weighted by atomic mass is 35.5. The van der Waals surface area contributed by atoms with Crippen LogP contribution in [0.3, 0.4) is 0 Å². The lowest BCUT2D eigenvalue weighted by molar-refractivity contribution is 0.171. The quantitative estimate of drug-likeness (QED) is 0.559. The van der Waals surface area contributed by atoms with Crippen LogP contribution in [0.2, 0.25) is 0 Å². The maximum Gasteiger partial charge on any atom is 0.252 e. The second-order valence-corrected chi connectivity index (χ2v) is 10.6. The number of hydrogen-bond acceptors (Lipinski definition) is 7. The molecule has 0 aliphatic carbocycles. The number of ether oxygens (including phenoxy) is 1. The molecule has 0 unspecified atom stereocenters. The average Bonchev–Trinajstić information content (AvgIpc) is 3.23. The molecule has 0 aromatic carbocycles. The van der Waals surface area contributed by atoms with Gasteiger partial charge in [-0.3, -0.25) is 23.7 Å². The van der Waals surface area contributed by atoms with Gasteiger partial charge in [0.15, 0.2) is 5.75 Å². The molecular formula is C25H30ClN5O3S. The zero-order valence-electron chi connectivity index (χ0n) is 19.7. The normalized spacial score (nSPS) is 19.9. The van der Waals surface area contributed by atoms with Gasteiger partial charge in [-0.2, -0.15) is 0 Å². The van der Waals surface area contributed by atoms with Crippen molar-refractivity contribution in [2.75, 3.05) is 32.0 Å². The van der Waals surface area contributed by atoms with Crippen LogP contribution in [-0.2, 0) is 13.1 Å². The van der Waals surface area contributed by atoms with Crippen molar-refractivity contribution in [3.8, 4) is 5.75 Å². The van der Waals surface area contributed by atoms with Gasteiger partial charge in [-0.05, 0) is 50.6 Å². The first kappa shape index (κ1) is 24.4. The van der Waals surface area contributed by atoms with E-state index in [1.165, 1.54) is 4.90 Å². The van der Waals surface area contributed by atoms with Crippen LogP contribution in [0.15, 0.2) is 44.9 Å². The number of nitrogens with zero attached hydrogens (tertiary/aromatic N) is 4. The van der Waals surface area contributed by atoms with Gasteiger partial charge in [0.25, 0.3) is 11.1 Å². The van der Waals surface area contributed by atoms with Gasteiger partial charge in [0.05, 0.1) is 29.4 Å². The Morgan fingerprint density at radius 3 is 2.83 bits per heavy atom. The molecule has 1 saturated heterocycles. The zero-order chi connectivity index (χ0) is 23.2. The van der Waals surface area contributed by atoms with Gasteiger partial charge in [-0.15, -0.1) is 24.2 Å². The van der Waals surface area contributed by atoms with E-state index in [0.717, 1.165) is 79.4 Å². The zero-order valence-corrected chi connectivity index (χ0v) is 21.4. The highest BCUT2D eigenvalue weighted by Crippen LogP contribution is 2.32. The summed E-state index contributed by atoms with van der Waals surface area (Å²) in [6.07, 6.45) is 3.96. The Kier molecular flexibility index (Phi) is 6.94. The second kappa shape index (κ2) is 9.97. The van der Waals surface area contributed by atoms with Crippen LogP contribution in [0.4, 0.5) is 0 Å². The number of hydrogen-bond donors (Lipinski definition) is 1. The van der Waals surface area contributed by atoms with Crippen molar-refractivity contribution < 1.29 is 4.74 Å². The Labute approximate surface area is 214 Å². The maximum atomic E-state index is 12.7. The number of fused-ring (bicyclic) bond motifs is 1. The summed E-state index contributed by atoms with van der Waals surface area (Å²) in [7, 11) is 0. The molecule has 6 rings (SSSR count). The SMILES string of the molecule is Cc1cc(=O)n2c3c1ccc(=O)n3[C@H](CN1CCC(NCc3cc4c(cn3)OCCS4)CC1)C2.Cl. The Morgan fingerprint density at radius 2 is 2.00 bits per heavy atom. The summed E-state index contributed by atoms with van der Waals surface area (Å²) < 4.78 is 9.27. The molecule has 3 aliphatic rings. The molecule has 0 saturated carbocycles. The standard InChI is InChI=1S/C25H29N5O3S.ClH/c1-16-10-24(32)29-15-19(30-23(31)3-2-20(16)25(29)30)14-28-6-4-17(5-7-28)26-12-18-11-22-21(13-27-18)33-8-9-34-22;/h2-3,10-11,13,17,19,26H,4-9,12,14-15H2,1H3;1H/t19-;/m1./s1. The van der Waals surface area contributed by atoms with Gasteiger partial charge < -0.3 is 15.0 Å². The lowest BCUT2D eigenvalue weighted by Crippen LogP contribution is -2.44. The fourth-order valence-corrected chi connectivity index (χ4v) is 6.35. The lowest BCUT2D eigenvalue weighted by atomic mass is 10.0.